The lowest BCUT2D eigenvalue weighted by molar-refractivity contribution is -0.136. The maximum atomic E-state index is 12.8. The van der Waals surface area contributed by atoms with Crippen LogP contribution >= 0.6 is 69.6 Å². The van der Waals surface area contributed by atoms with Crippen LogP contribution in [0.1, 0.15) is 91.2 Å². The molecule has 2 aliphatic heterocycles. The molecule has 0 aromatic heterocycles. The van der Waals surface area contributed by atoms with Crippen LogP contribution in [0.4, 0.5) is 0 Å². The maximum absolute atomic E-state index is 12.8. The molecule has 0 saturated heterocycles. The lowest BCUT2D eigenvalue weighted by atomic mass is 10.1. The third-order valence-electron chi connectivity index (χ3n) is 10.9. The van der Waals surface area contributed by atoms with E-state index in [0.717, 1.165) is 11.1 Å². The molecule has 0 spiro atoms. The van der Waals surface area contributed by atoms with Gasteiger partial charge in [0.1, 0.15) is 0 Å². The number of methoxy groups -OCH3 is 2. The van der Waals surface area contributed by atoms with Crippen LogP contribution in [-0.2, 0) is 62.8 Å². The molecule has 5 aromatic rings. The van der Waals surface area contributed by atoms with Crippen LogP contribution in [0.2, 0.25) is 30.1 Å². The minimum atomic E-state index is -1.08. The fourth-order valence-corrected chi connectivity index (χ4v) is 9.13. The van der Waals surface area contributed by atoms with E-state index in [1.807, 2.05) is 61.2 Å². The van der Waals surface area contributed by atoms with Crippen molar-refractivity contribution in [3.05, 3.63) is 171 Å². The fraction of sp³-hybridized carbons (Fsp3) is 0.255. The number of carbonyl (C=O) groups is 5. The predicted molar refractivity (Wildman–Crippen MR) is 248 cm³/mol. The Morgan fingerprint density at radius 1 is 0.562 bits per heavy atom. The van der Waals surface area contributed by atoms with Gasteiger partial charge >= 0.3 is 17.9 Å². The van der Waals surface area contributed by atoms with Gasteiger partial charge in [-0.25, -0.2) is 9.59 Å². The second kappa shape index (κ2) is 22.4. The minimum absolute atomic E-state index is 0.00922. The van der Waals surface area contributed by atoms with Crippen molar-refractivity contribution in [2.24, 2.45) is 0 Å². The third-order valence-corrected chi connectivity index (χ3v) is 13.3. The average Bonchev–Trinajstić information content (AvgIpc) is 3.81. The summed E-state index contributed by atoms with van der Waals surface area (Å²) in [6, 6.07) is 25.3. The van der Waals surface area contributed by atoms with Crippen LogP contribution < -0.4 is 0 Å². The number of aliphatic hydroxyl groups is 1. The molecular weight excluding hydrogens is 949 g/mol. The number of aliphatic carboxylic acids is 1. The van der Waals surface area contributed by atoms with Gasteiger partial charge in [0.2, 0.25) is 11.8 Å². The number of hydrogen-bond acceptors (Lipinski definition) is 8. The van der Waals surface area contributed by atoms with Gasteiger partial charge in [-0.3, -0.25) is 14.4 Å². The summed E-state index contributed by atoms with van der Waals surface area (Å²) in [7, 11) is 2.49. The van der Waals surface area contributed by atoms with E-state index < -0.39 is 17.9 Å². The smallest absolute Gasteiger partial charge is 0.339 e. The van der Waals surface area contributed by atoms with E-state index in [4.69, 9.17) is 79.4 Å². The monoisotopic (exact) mass is 988 g/mol. The highest BCUT2D eigenvalue weighted by molar-refractivity contribution is 6.39. The molecule has 2 amide bonds. The van der Waals surface area contributed by atoms with Gasteiger partial charge in [-0.1, -0.05) is 124 Å². The molecule has 2 N–H and O–H groups in total. The van der Waals surface area contributed by atoms with Crippen LogP contribution in [0, 0.1) is 0 Å². The van der Waals surface area contributed by atoms with E-state index >= 15 is 0 Å². The first-order valence-electron chi connectivity index (χ1n) is 19.6. The number of benzene rings is 5. The summed E-state index contributed by atoms with van der Waals surface area (Å²) in [5, 5.41) is 19.6. The normalized spacial score (nSPS) is 14.6. The first-order chi connectivity index (χ1) is 30.4. The molecule has 5 aromatic carbocycles. The number of rotatable bonds is 9. The van der Waals surface area contributed by atoms with Gasteiger partial charge in [0.25, 0.3) is 0 Å². The van der Waals surface area contributed by atoms with Crippen molar-refractivity contribution in [1.29, 1.82) is 0 Å². The number of carbonyl (C=O) groups excluding carboxylic acids is 4. The van der Waals surface area contributed by atoms with E-state index in [2.05, 4.69) is 10.8 Å². The predicted octanol–water partition coefficient (Wildman–Crippen LogP) is 11.0. The van der Waals surface area contributed by atoms with Crippen LogP contribution in [-0.4, -0.2) is 64.0 Å². The van der Waals surface area contributed by atoms with Gasteiger partial charge < -0.3 is 29.5 Å². The van der Waals surface area contributed by atoms with E-state index in [1.165, 1.54) is 43.5 Å². The largest absolute Gasteiger partial charge is 0.481 e. The van der Waals surface area contributed by atoms with E-state index in [1.54, 1.807) is 23.1 Å². The Morgan fingerprint density at radius 3 is 1.31 bits per heavy atom. The van der Waals surface area contributed by atoms with Crippen molar-refractivity contribution >= 4 is 99.3 Å². The average molecular weight is 992 g/mol. The highest BCUT2D eigenvalue weighted by Crippen LogP contribution is 2.37. The number of amides is 2. The minimum Gasteiger partial charge on any atom is -0.481 e. The number of hydrogen-bond donors (Lipinski definition) is 2. The van der Waals surface area contributed by atoms with Crippen molar-refractivity contribution in [1.82, 2.24) is 9.80 Å². The molecule has 336 valence electrons. The van der Waals surface area contributed by atoms with Crippen LogP contribution in [0.5, 0.6) is 0 Å². The number of fused-ring (bicyclic) bond motifs is 2. The van der Waals surface area contributed by atoms with Crippen molar-refractivity contribution in [2.45, 2.75) is 64.9 Å². The first-order valence-corrected chi connectivity index (χ1v) is 21.8. The van der Waals surface area contributed by atoms with Gasteiger partial charge in [-0.05, 0) is 83.1 Å². The van der Waals surface area contributed by atoms with Crippen LogP contribution in [0.25, 0.3) is 0 Å². The highest BCUT2D eigenvalue weighted by Gasteiger charge is 2.32. The molecule has 7 rings (SSSR count). The van der Waals surface area contributed by atoms with Gasteiger partial charge in [0.05, 0.1) is 78.4 Å². The number of aliphatic hydroxyl groups excluding tert-OH is 1. The second-order valence-corrected chi connectivity index (χ2v) is 17.0. The molecule has 64 heavy (non-hydrogen) atoms. The Balaban J connectivity index is 0.000000185. The first kappa shape index (κ1) is 50.2. The quantitative estimate of drug-likeness (QED) is 0.138. The Kier molecular flexibility index (Phi) is 17.5. The summed E-state index contributed by atoms with van der Waals surface area (Å²) in [5.41, 5.74) is 6.76. The van der Waals surface area contributed by atoms with E-state index in [-0.39, 0.29) is 81.5 Å². The standard InChI is InChI=1S/C19H17Cl2NO3.C18H17Cl2NO2.C10H8Cl2O4/c1-11-13-6-4-3-5-12(13)10-22(11)17(23)9-15-16(20)8-7-14(18(15)21)19(24)25-2;1-11-14-5-3-2-4-12(14)9-21(11)17(23)8-15-16(19)7-6-13(10-22)18(15)20;1-16-10(15)5-2-3-7(11)6(9(5)12)4-8(13)14/h3-8,11H,9-10H2,1-2H3;2-7,11,22H,8-10H2,1H3;2-3H,4H2,1H3,(H,13,14)/t2*11-;/m00./s1. The zero-order valence-corrected chi connectivity index (χ0v) is 39.4. The topological polar surface area (TPSA) is 151 Å². The summed E-state index contributed by atoms with van der Waals surface area (Å²) in [6.07, 6.45) is -0.187. The molecule has 0 saturated carbocycles. The number of esters is 2. The Labute approximate surface area is 400 Å². The number of carboxylic acid groups (broad SMARTS) is 1. The number of halogens is 6. The third kappa shape index (κ3) is 11.3. The molecule has 0 aliphatic carbocycles. The van der Waals surface area contributed by atoms with Gasteiger partial charge in [0, 0.05) is 33.7 Å². The Hall–Kier alpha value is -4.85. The van der Waals surface area contributed by atoms with Crippen LogP contribution in [0.15, 0.2) is 84.9 Å². The molecule has 2 aliphatic rings. The molecule has 2 heterocycles. The maximum Gasteiger partial charge on any atom is 0.339 e. The lowest BCUT2D eigenvalue weighted by Gasteiger charge is -2.23. The second-order valence-electron chi connectivity index (χ2n) is 14.6. The fourth-order valence-electron chi connectivity index (χ4n) is 7.40. The van der Waals surface area contributed by atoms with Gasteiger partial charge in [-0.2, -0.15) is 0 Å². The summed E-state index contributed by atoms with van der Waals surface area (Å²) in [6.45, 7) is 5.00. The van der Waals surface area contributed by atoms with Crippen molar-refractivity contribution in [2.75, 3.05) is 14.2 Å². The zero-order valence-electron chi connectivity index (χ0n) is 34.9. The zero-order chi connectivity index (χ0) is 47.0. The summed E-state index contributed by atoms with van der Waals surface area (Å²) >= 11 is 36.7. The van der Waals surface area contributed by atoms with Crippen molar-refractivity contribution < 1.29 is 43.7 Å². The molecule has 17 heteroatoms. The molecular formula is C47H42Cl6N2O9. The summed E-state index contributed by atoms with van der Waals surface area (Å²) in [5.74, 6) is -2.38. The summed E-state index contributed by atoms with van der Waals surface area (Å²) < 4.78 is 9.22. The highest BCUT2D eigenvalue weighted by atomic mass is 35.5. The number of carboxylic acids is 1. The molecule has 0 bridgehead atoms. The molecule has 0 radical (unpaired) electrons. The number of ether oxygens (including phenoxy) is 2. The molecule has 11 nitrogen and oxygen atoms in total. The van der Waals surface area contributed by atoms with Crippen LogP contribution in [0.3, 0.4) is 0 Å². The molecule has 0 unspecified atom stereocenters. The van der Waals surface area contributed by atoms with Crippen molar-refractivity contribution in [3.8, 4) is 0 Å². The summed E-state index contributed by atoms with van der Waals surface area (Å²) in [4.78, 5) is 62.9. The lowest BCUT2D eigenvalue weighted by Crippen LogP contribution is -2.29. The van der Waals surface area contributed by atoms with Gasteiger partial charge in [0.15, 0.2) is 0 Å². The number of nitrogens with zero attached hydrogens (tertiary/aromatic N) is 2. The SMILES string of the molecule is COC(=O)c1ccc(Cl)c(CC(=O)N2Cc3ccccc3[C@@H]2C)c1Cl.COC(=O)c1ccc(Cl)c(CC(=O)O)c1Cl.C[C@H]1c2ccccc2CN1C(=O)Cc1c(Cl)ccc(CO)c1Cl. The Morgan fingerprint density at radius 2 is 0.938 bits per heavy atom. The van der Waals surface area contributed by atoms with Gasteiger partial charge in [-0.15, -0.1) is 0 Å². The van der Waals surface area contributed by atoms with E-state index in [9.17, 15) is 29.1 Å². The molecule has 2 atom stereocenters. The van der Waals surface area contributed by atoms with E-state index in [0.29, 0.717) is 44.8 Å². The molecule has 0 fully saturated rings. The Bertz CT molecular complexity index is 2600. The van der Waals surface area contributed by atoms with Crippen molar-refractivity contribution in [3.63, 3.8) is 0 Å².